The van der Waals surface area contributed by atoms with Gasteiger partial charge in [0, 0.05) is 50.3 Å². The van der Waals surface area contributed by atoms with Gasteiger partial charge in [0.2, 0.25) is 0 Å². The number of nitrogens with zero attached hydrogens (tertiary/aromatic N) is 4. The standard InChI is InChI=1S/C16H22N4O/c21-16-12-20(8-1-7-19-9-6-18-13-19)11-15(16)10-14-2-4-17-5-3-14/h2-6,9,13,15-16,21H,1,7-8,10-12H2/t15-,16-/m1/s1. The highest BCUT2D eigenvalue weighted by atomic mass is 16.3. The molecule has 2 aromatic rings. The molecule has 0 amide bonds. The van der Waals surface area contributed by atoms with Crippen LogP contribution in [0.1, 0.15) is 12.0 Å². The van der Waals surface area contributed by atoms with Crippen LogP contribution in [0.3, 0.4) is 0 Å². The Morgan fingerprint density at radius 3 is 2.71 bits per heavy atom. The van der Waals surface area contributed by atoms with Crippen molar-refractivity contribution in [1.29, 1.82) is 0 Å². The summed E-state index contributed by atoms with van der Waals surface area (Å²) < 4.78 is 2.10. The minimum absolute atomic E-state index is 0.216. The molecule has 0 saturated carbocycles. The first-order valence-corrected chi connectivity index (χ1v) is 7.56. The van der Waals surface area contributed by atoms with Crippen molar-refractivity contribution in [3.8, 4) is 0 Å². The molecular formula is C16H22N4O. The van der Waals surface area contributed by atoms with Gasteiger partial charge in [-0.1, -0.05) is 0 Å². The second-order valence-corrected chi connectivity index (χ2v) is 5.80. The number of imidazole rings is 1. The third-order valence-electron chi connectivity index (χ3n) is 4.18. The Morgan fingerprint density at radius 1 is 1.10 bits per heavy atom. The summed E-state index contributed by atoms with van der Waals surface area (Å²) in [5, 5.41) is 10.2. The van der Waals surface area contributed by atoms with Crippen LogP contribution in [-0.2, 0) is 13.0 Å². The van der Waals surface area contributed by atoms with Crippen molar-refractivity contribution in [3.05, 3.63) is 48.8 Å². The van der Waals surface area contributed by atoms with Gasteiger partial charge in [-0.05, 0) is 37.1 Å². The number of β-amino-alcohol motifs (C(OH)–C–C–N with tert-alkyl or cyclic N) is 1. The molecule has 1 aliphatic rings. The molecule has 0 aromatic carbocycles. The zero-order valence-corrected chi connectivity index (χ0v) is 12.2. The predicted octanol–water partition coefficient (Wildman–Crippen LogP) is 1.20. The Balaban J connectivity index is 1.45. The average Bonchev–Trinajstić information content (AvgIpc) is 3.11. The van der Waals surface area contributed by atoms with Gasteiger partial charge in [-0.15, -0.1) is 0 Å². The smallest absolute Gasteiger partial charge is 0.0945 e. The third-order valence-corrected chi connectivity index (χ3v) is 4.18. The molecule has 3 heterocycles. The molecule has 0 spiro atoms. The first kappa shape index (κ1) is 14.2. The highest BCUT2D eigenvalue weighted by molar-refractivity contribution is 5.11. The highest BCUT2D eigenvalue weighted by Gasteiger charge is 2.30. The molecule has 0 radical (unpaired) electrons. The van der Waals surface area contributed by atoms with E-state index in [9.17, 15) is 5.11 Å². The van der Waals surface area contributed by atoms with Crippen molar-refractivity contribution in [3.63, 3.8) is 0 Å². The van der Waals surface area contributed by atoms with Crippen LogP contribution in [0.5, 0.6) is 0 Å². The molecule has 0 bridgehead atoms. The maximum Gasteiger partial charge on any atom is 0.0945 e. The number of rotatable bonds is 6. The summed E-state index contributed by atoms with van der Waals surface area (Å²) in [7, 11) is 0. The maximum atomic E-state index is 10.2. The third kappa shape index (κ3) is 3.89. The van der Waals surface area contributed by atoms with Gasteiger partial charge in [-0.3, -0.25) is 4.98 Å². The van der Waals surface area contributed by atoms with E-state index in [1.165, 1.54) is 5.56 Å². The maximum absolute atomic E-state index is 10.2. The quantitative estimate of drug-likeness (QED) is 0.867. The monoisotopic (exact) mass is 286 g/mol. The van der Waals surface area contributed by atoms with Gasteiger partial charge < -0.3 is 14.6 Å². The van der Waals surface area contributed by atoms with Crippen LogP contribution in [0.2, 0.25) is 0 Å². The molecular weight excluding hydrogens is 264 g/mol. The zero-order valence-electron chi connectivity index (χ0n) is 12.2. The Bertz CT molecular complexity index is 528. The summed E-state index contributed by atoms with van der Waals surface area (Å²) in [6.07, 6.45) is 11.1. The van der Waals surface area contributed by atoms with E-state index < -0.39 is 0 Å². The Morgan fingerprint density at radius 2 is 1.95 bits per heavy atom. The second kappa shape index (κ2) is 6.83. The van der Waals surface area contributed by atoms with Crippen molar-refractivity contribution in [1.82, 2.24) is 19.4 Å². The molecule has 1 fully saturated rings. The lowest BCUT2D eigenvalue weighted by molar-refractivity contribution is 0.141. The van der Waals surface area contributed by atoms with Crippen molar-refractivity contribution in [2.45, 2.75) is 25.5 Å². The molecule has 5 heteroatoms. The van der Waals surface area contributed by atoms with E-state index in [-0.39, 0.29) is 6.10 Å². The largest absolute Gasteiger partial charge is 0.391 e. The molecule has 5 nitrogen and oxygen atoms in total. The van der Waals surface area contributed by atoms with E-state index in [1.54, 1.807) is 0 Å². The van der Waals surface area contributed by atoms with Crippen LogP contribution in [0, 0.1) is 5.92 Å². The minimum atomic E-state index is -0.216. The fraction of sp³-hybridized carbons (Fsp3) is 0.500. The van der Waals surface area contributed by atoms with Crippen LogP contribution in [-0.4, -0.2) is 50.3 Å². The SMILES string of the molecule is O[C@@H]1CN(CCCn2ccnc2)C[C@H]1Cc1ccncc1. The molecule has 2 aromatic heterocycles. The Kier molecular flexibility index (Phi) is 4.62. The molecule has 112 valence electrons. The van der Waals surface area contributed by atoms with Crippen molar-refractivity contribution < 1.29 is 5.11 Å². The fourth-order valence-corrected chi connectivity index (χ4v) is 3.04. The Hall–Kier alpha value is -1.72. The summed E-state index contributed by atoms with van der Waals surface area (Å²) in [5.74, 6) is 0.334. The van der Waals surface area contributed by atoms with Gasteiger partial charge in [0.05, 0.1) is 12.4 Å². The van der Waals surface area contributed by atoms with Gasteiger partial charge in [0.1, 0.15) is 0 Å². The summed E-state index contributed by atoms with van der Waals surface area (Å²) in [5.41, 5.74) is 1.26. The lowest BCUT2D eigenvalue weighted by Gasteiger charge is -2.15. The van der Waals surface area contributed by atoms with Gasteiger partial charge >= 0.3 is 0 Å². The summed E-state index contributed by atoms with van der Waals surface area (Å²) in [6, 6.07) is 4.07. The topological polar surface area (TPSA) is 54.2 Å². The van der Waals surface area contributed by atoms with Crippen LogP contribution < -0.4 is 0 Å². The molecule has 21 heavy (non-hydrogen) atoms. The van der Waals surface area contributed by atoms with Crippen molar-refractivity contribution in [2.24, 2.45) is 5.92 Å². The lowest BCUT2D eigenvalue weighted by Crippen LogP contribution is -2.24. The summed E-state index contributed by atoms with van der Waals surface area (Å²) in [6.45, 7) is 3.79. The van der Waals surface area contributed by atoms with Gasteiger partial charge in [-0.25, -0.2) is 4.98 Å². The number of aryl methyl sites for hydroxylation is 1. The average molecular weight is 286 g/mol. The van der Waals surface area contributed by atoms with Gasteiger partial charge in [0.15, 0.2) is 0 Å². The minimum Gasteiger partial charge on any atom is -0.391 e. The zero-order chi connectivity index (χ0) is 14.5. The number of hydrogen-bond donors (Lipinski definition) is 1. The Labute approximate surface area is 125 Å². The van der Waals surface area contributed by atoms with E-state index in [2.05, 4.69) is 19.4 Å². The number of aliphatic hydroxyl groups excluding tert-OH is 1. The highest BCUT2D eigenvalue weighted by Crippen LogP contribution is 2.21. The molecule has 2 atom stereocenters. The van der Waals surface area contributed by atoms with Crippen LogP contribution in [0.15, 0.2) is 43.2 Å². The van der Waals surface area contributed by atoms with Crippen molar-refractivity contribution >= 4 is 0 Å². The first-order chi connectivity index (χ1) is 10.3. The van der Waals surface area contributed by atoms with E-state index in [0.29, 0.717) is 5.92 Å². The van der Waals surface area contributed by atoms with Crippen molar-refractivity contribution in [2.75, 3.05) is 19.6 Å². The van der Waals surface area contributed by atoms with Crippen LogP contribution in [0.25, 0.3) is 0 Å². The molecule has 0 aliphatic carbocycles. The second-order valence-electron chi connectivity index (χ2n) is 5.80. The van der Waals surface area contributed by atoms with E-state index in [4.69, 9.17) is 0 Å². The van der Waals surface area contributed by atoms with Crippen LogP contribution in [0.4, 0.5) is 0 Å². The molecule has 1 saturated heterocycles. The summed E-state index contributed by atoms with van der Waals surface area (Å²) in [4.78, 5) is 10.5. The number of aliphatic hydroxyl groups is 1. The molecule has 1 aliphatic heterocycles. The number of aromatic nitrogens is 3. The normalized spacial score (nSPS) is 22.7. The number of hydrogen-bond acceptors (Lipinski definition) is 4. The molecule has 0 unspecified atom stereocenters. The van der Waals surface area contributed by atoms with E-state index in [0.717, 1.165) is 39.0 Å². The molecule has 3 rings (SSSR count). The van der Waals surface area contributed by atoms with E-state index in [1.807, 2.05) is 43.2 Å². The van der Waals surface area contributed by atoms with Gasteiger partial charge in [0.25, 0.3) is 0 Å². The number of pyridine rings is 1. The van der Waals surface area contributed by atoms with E-state index >= 15 is 0 Å². The number of likely N-dealkylation sites (tertiary alicyclic amines) is 1. The lowest BCUT2D eigenvalue weighted by atomic mass is 9.97. The van der Waals surface area contributed by atoms with Crippen LogP contribution >= 0.6 is 0 Å². The van der Waals surface area contributed by atoms with Gasteiger partial charge in [-0.2, -0.15) is 0 Å². The predicted molar refractivity (Wildman–Crippen MR) is 80.7 cm³/mol. The molecule has 1 N–H and O–H groups in total. The summed E-state index contributed by atoms with van der Waals surface area (Å²) >= 11 is 0. The first-order valence-electron chi connectivity index (χ1n) is 7.56. The fourth-order valence-electron chi connectivity index (χ4n) is 3.04.